The summed E-state index contributed by atoms with van der Waals surface area (Å²) in [5, 5.41) is 0. The summed E-state index contributed by atoms with van der Waals surface area (Å²) in [6.07, 6.45) is 1.57. The van der Waals surface area contributed by atoms with E-state index >= 15 is 0 Å². The topological polar surface area (TPSA) is 66.9 Å². The maximum absolute atomic E-state index is 13.3. The van der Waals surface area contributed by atoms with Gasteiger partial charge in [0, 0.05) is 26.2 Å². The van der Waals surface area contributed by atoms with Crippen LogP contribution in [0.3, 0.4) is 0 Å². The van der Waals surface area contributed by atoms with Crippen LogP contribution in [0.2, 0.25) is 0 Å². The molecule has 0 unspecified atom stereocenters. The van der Waals surface area contributed by atoms with Crippen LogP contribution in [0.5, 0.6) is 5.75 Å². The molecule has 0 saturated carbocycles. The van der Waals surface area contributed by atoms with E-state index in [-0.39, 0.29) is 10.8 Å². The van der Waals surface area contributed by atoms with Crippen molar-refractivity contribution in [3.05, 3.63) is 53.1 Å². The van der Waals surface area contributed by atoms with Crippen molar-refractivity contribution in [1.29, 1.82) is 0 Å². The Balaban J connectivity index is 2.05. The van der Waals surface area contributed by atoms with Gasteiger partial charge in [0.25, 0.3) is 15.9 Å². The van der Waals surface area contributed by atoms with Gasteiger partial charge in [-0.25, -0.2) is 8.42 Å². The zero-order valence-corrected chi connectivity index (χ0v) is 16.8. The highest BCUT2D eigenvalue weighted by Gasteiger charge is 2.32. The lowest BCUT2D eigenvalue weighted by Gasteiger charge is -2.32. The molecular weight excluding hydrogens is 364 g/mol. The van der Waals surface area contributed by atoms with Crippen LogP contribution in [0.4, 0.5) is 5.69 Å². The van der Waals surface area contributed by atoms with Crippen molar-refractivity contribution in [3.8, 4) is 5.75 Å². The SMILES string of the molecule is COc1ccc(C)c2c1N(S(=O)(=O)c1ccc(C(=O)N(C)C)cc1)CCC2. The fraction of sp³-hybridized carbons (Fsp3) is 0.350. The van der Waals surface area contributed by atoms with Crippen LogP contribution < -0.4 is 9.04 Å². The van der Waals surface area contributed by atoms with Crippen molar-refractivity contribution in [3.63, 3.8) is 0 Å². The van der Waals surface area contributed by atoms with E-state index in [1.807, 2.05) is 13.0 Å². The van der Waals surface area contributed by atoms with Gasteiger partial charge in [-0.3, -0.25) is 9.10 Å². The summed E-state index contributed by atoms with van der Waals surface area (Å²) in [6.45, 7) is 2.38. The molecule has 27 heavy (non-hydrogen) atoms. The monoisotopic (exact) mass is 388 g/mol. The molecule has 1 amide bonds. The average Bonchev–Trinajstić information content (AvgIpc) is 2.67. The van der Waals surface area contributed by atoms with Crippen LogP contribution >= 0.6 is 0 Å². The number of carbonyl (C=O) groups is 1. The van der Waals surface area contributed by atoms with Crippen molar-refractivity contribution >= 4 is 21.6 Å². The molecule has 0 fully saturated rings. The minimum absolute atomic E-state index is 0.161. The van der Waals surface area contributed by atoms with Crippen LogP contribution in [0.1, 0.15) is 27.9 Å². The number of ether oxygens (including phenoxy) is 1. The molecule has 144 valence electrons. The first kappa shape index (κ1) is 19.2. The maximum Gasteiger partial charge on any atom is 0.264 e. The van der Waals surface area contributed by atoms with Gasteiger partial charge >= 0.3 is 0 Å². The summed E-state index contributed by atoms with van der Waals surface area (Å²) in [5.74, 6) is 0.387. The van der Waals surface area contributed by atoms with Crippen LogP contribution in [0, 0.1) is 6.92 Å². The van der Waals surface area contributed by atoms with Crippen LogP contribution in [-0.4, -0.2) is 47.0 Å². The largest absolute Gasteiger partial charge is 0.495 e. The Labute approximate surface area is 160 Å². The minimum Gasteiger partial charge on any atom is -0.495 e. The predicted molar refractivity (Wildman–Crippen MR) is 105 cm³/mol. The zero-order valence-electron chi connectivity index (χ0n) is 16.0. The van der Waals surface area contributed by atoms with E-state index in [9.17, 15) is 13.2 Å². The molecule has 1 aliphatic heterocycles. The second-order valence-electron chi connectivity index (χ2n) is 6.82. The number of methoxy groups -OCH3 is 1. The lowest BCUT2D eigenvalue weighted by molar-refractivity contribution is 0.0827. The van der Waals surface area contributed by atoms with Crippen molar-refractivity contribution in [1.82, 2.24) is 4.90 Å². The Hall–Kier alpha value is -2.54. The van der Waals surface area contributed by atoms with Crippen LogP contribution in [0.15, 0.2) is 41.3 Å². The molecule has 0 aromatic heterocycles. The molecule has 7 heteroatoms. The van der Waals surface area contributed by atoms with Gasteiger partial charge in [0.05, 0.1) is 17.7 Å². The molecule has 6 nitrogen and oxygen atoms in total. The molecule has 0 aliphatic carbocycles. The second-order valence-corrected chi connectivity index (χ2v) is 8.68. The van der Waals surface area contributed by atoms with Gasteiger partial charge < -0.3 is 9.64 Å². The van der Waals surface area contributed by atoms with E-state index < -0.39 is 10.0 Å². The summed E-state index contributed by atoms with van der Waals surface area (Å²) >= 11 is 0. The van der Waals surface area contributed by atoms with Crippen LogP contribution in [0.25, 0.3) is 0 Å². The van der Waals surface area contributed by atoms with E-state index in [1.165, 1.54) is 21.3 Å². The van der Waals surface area contributed by atoms with Gasteiger partial charge in [-0.2, -0.15) is 0 Å². The third-order valence-electron chi connectivity index (χ3n) is 4.83. The highest BCUT2D eigenvalue weighted by molar-refractivity contribution is 7.92. The Bertz CT molecular complexity index is 966. The zero-order chi connectivity index (χ0) is 19.8. The summed E-state index contributed by atoms with van der Waals surface area (Å²) < 4.78 is 33.5. The predicted octanol–water partition coefficient (Wildman–Crippen LogP) is 2.85. The molecule has 0 bridgehead atoms. The van der Waals surface area contributed by atoms with E-state index in [0.29, 0.717) is 23.5 Å². The highest BCUT2D eigenvalue weighted by atomic mass is 32.2. The first-order valence-electron chi connectivity index (χ1n) is 8.78. The molecule has 0 N–H and O–H groups in total. The summed E-state index contributed by atoms with van der Waals surface area (Å²) in [7, 11) is 1.11. The fourth-order valence-corrected chi connectivity index (χ4v) is 4.92. The molecule has 0 atom stereocenters. The number of nitrogens with zero attached hydrogens (tertiary/aromatic N) is 2. The highest BCUT2D eigenvalue weighted by Crippen LogP contribution is 2.40. The third kappa shape index (κ3) is 3.39. The third-order valence-corrected chi connectivity index (χ3v) is 6.65. The van der Waals surface area contributed by atoms with Crippen molar-refractivity contribution in [2.24, 2.45) is 0 Å². The quantitative estimate of drug-likeness (QED) is 0.808. The molecule has 0 saturated heterocycles. The van der Waals surface area contributed by atoms with Crippen LogP contribution in [-0.2, 0) is 16.4 Å². The Morgan fingerprint density at radius 1 is 1.11 bits per heavy atom. The normalized spacial score (nSPS) is 13.9. The lowest BCUT2D eigenvalue weighted by Crippen LogP contribution is -2.36. The van der Waals surface area contributed by atoms with E-state index in [0.717, 1.165) is 24.0 Å². The smallest absolute Gasteiger partial charge is 0.264 e. The van der Waals surface area contributed by atoms with Gasteiger partial charge in [0.15, 0.2) is 0 Å². The number of aryl methyl sites for hydroxylation is 1. The van der Waals surface area contributed by atoms with Crippen molar-refractivity contribution in [2.45, 2.75) is 24.7 Å². The van der Waals surface area contributed by atoms with E-state index in [1.54, 1.807) is 39.4 Å². The van der Waals surface area contributed by atoms with Crippen molar-refractivity contribution < 1.29 is 17.9 Å². The molecule has 3 rings (SSSR count). The number of fused-ring (bicyclic) bond motifs is 1. The average molecular weight is 388 g/mol. The number of benzene rings is 2. The molecular formula is C20H24N2O4S. The standard InChI is InChI=1S/C20H24N2O4S/c1-14-7-12-18(26-4)19-17(14)6-5-13-22(19)27(24,25)16-10-8-15(9-11-16)20(23)21(2)3/h7-12H,5-6,13H2,1-4H3. The molecule has 1 aliphatic rings. The Morgan fingerprint density at radius 3 is 2.37 bits per heavy atom. The van der Waals surface area contributed by atoms with Gasteiger partial charge in [-0.15, -0.1) is 0 Å². The molecule has 0 radical (unpaired) electrons. The van der Waals surface area contributed by atoms with E-state index in [4.69, 9.17) is 4.74 Å². The number of hydrogen-bond acceptors (Lipinski definition) is 4. The van der Waals surface area contributed by atoms with Gasteiger partial charge in [0.2, 0.25) is 0 Å². The van der Waals surface area contributed by atoms with Gasteiger partial charge in [-0.05, 0) is 61.2 Å². The molecule has 1 heterocycles. The first-order valence-corrected chi connectivity index (χ1v) is 10.2. The van der Waals surface area contributed by atoms with Crippen molar-refractivity contribution in [2.75, 3.05) is 32.1 Å². The molecule has 0 spiro atoms. The number of carbonyl (C=O) groups excluding carboxylic acids is 1. The number of amides is 1. The number of rotatable bonds is 4. The van der Waals surface area contributed by atoms with Gasteiger partial charge in [0.1, 0.15) is 5.75 Å². The summed E-state index contributed by atoms with van der Waals surface area (Å²) in [6, 6.07) is 9.84. The summed E-state index contributed by atoms with van der Waals surface area (Å²) in [4.78, 5) is 13.7. The fourth-order valence-electron chi connectivity index (χ4n) is 3.38. The first-order chi connectivity index (χ1) is 12.8. The van der Waals surface area contributed by atoms with E-state index in [2.05, 4.69) is 0 Å². The second kappa shape index (κ2) is 7.23. The van der Waals surface area contributed by atoms with Gasteiger partial charge in [-0.1, -0.05) is 6.07 Å². The lowest BCUT2D eigenvalue weighted by atomic mass is 9.98. The Kier molecular flexibility index (Phi) is 5.15. The number of sulfonamides is 1. The maximum atomic E-state index is 13.3. The summed E-state index contributed by atoms with van der Waals surface area (Å²) in [5.41, 5.74) is 3.13. The molecule has 2 aromatic carbocycles. The Morgan fingerprint density at radius 2 is 1.78 bits per heavy atom. The molecule has 2 aromatic rings. The number of hydrogen-bond donors (Lipinski definition) is 0. The number of anilines is 1. The minimum atomic E-state index is -3.76.